The Morgan fingerprint density at radius 2 is 2.00 bits per heavy atom. The first-order valence-corrected chi connectivity index (χ1v) is 7.06. The minimum Gasteiger partial charge on any atom is -0.305 e. The second-order valence-corrected chi connectivity index (χ2v) is 5.44. The van der Waals surface area contributed by atoms with E-state index >= 15 is 0 Å². The van der Waals surface area contributed by atoms with Crippen molar-refractivity contribution in [1.29, 1.82) is 0 Å². The normalized spacial score (nSPS) is 12.6. The molecule has 3 heteroatoms. The lowest BCUT2D eigenvalue weighted by atomic mass is 10.0. The first-order chi connectivity index (χ1) is 8.29. The molecule has 0 spiro atoms. The average molecular weight is 266 g/mol. The smallest absolute Gasteiger partial charge is 0.0406 e. The zero-order chi connectivity index (χ0) is 12.1. The molecule has 0 fully saturated rings. The number of rotatable bonds is 5. The Hall–Kier alpha value is -0.830. The summed E-state index contributed by atoms with van der Waals surface area (Å²) < 4.78 is 0. The highest BCUT2D eigenvalue weighted by molar-refractivity contribution is 7.09. The Morgan fingerprint density at radius 3 is 2.59 bits per heavy atom. The van der Waals surface area contributed by atoms with Gasteiger partial charge in [0.2, 0.25) is 0 Å². The van der Waals surface area contributed by atoms with Crippen LogP contribution in [-0.2, 0) is 6.54 Å². The molecule has 0 aliphatic heterocycles. The fourth-order valence-electron chi connectivity index (χ4n) is 1.83. The van der Waals surface area contributed by atoms with Crippen LogP contribution in [0.1, 0.15) is 29.8 Å². The van der Waals surface area contributed by atoms with Crippen LogP contribution in [0, 0.1) is 0 Å². The first kappa shape index (κ1) is 12.6. The predicted molar refractivity (Wildman–Crippen MR) is 75.6 cm³/mol. The van der Waals surface area contributed by atoms with E-state index < -0.39 is 0 Å². The monoisotopic (exact) mass is 265 g/mol. The molecule has 1 nitrogen and oxygen atoms in total. The highest BCUT2D eigenvalue weighted by Crippen LogP contribution is 2.20. The third kappa shape index (κ3) is 3.56. The number of halogens is 1. The van der Waals surface area contributed by atoms with Gasteiger partial charge in [-0.2, -0.15) is 0 Å². The predicted octanol–water partition coefficient (Wildman–Crippen LogP) is 4.64. The zero-order valence-electron chi connectivity index (χ0n) is 9.82. The molecular formula is C14H16ClNS. The van der Waals surface area contributed by atoms with Crippen molar-refractivity contribution in [1.82, 2.24) is 5.32 Å². The lowest BCUT2D eigenvalue weighted by Gasteiger charge is -2.17. The molecule has 17 heavy (non-hydrogen) atoms. The third-order valence-corrected chi connectivity index (χ3v) is 3.91. The number of thiophene rings is 1. The zero-order valence-corrected chi connectivity index (χ0v) is 11.4. The number of hydrogen-bond acceptors (Lipinski definition) is 2. The first-order valence-electron chi connectivity index (χ1n) is 5.81. The Kier molecular flexibility index (Phi) is 4.60. The summed E-state index contributed by atoms with van der Waals surface area (Å²) in [7, 11) is 0. The molecule has 90 valence electrons. The minimum atomic E-state index is 0.398. The van der Waals surface area contributed by atoms with Gasteiger partial charge in [0.25, 0.3) is 0 Å². The molecule has 2 aromatic rings. The lowest BCUT2D eigenvalue weighted by molar-refractivity contribution is 0.522. The minimum absolute atomic E-state index is 0.398. The van der Waals surface area contributed by atoms with Crippen LogP contribution in [-0.4, -0.2) is 0 Å². The lowest BCUT2D eigenvalue weighted by Crippen LogP contribution is -2.19. The second-order valence-electron chi connectivity index (χ2n) is 3.97. The van der Waals surface area contributed by atoms with E-state index in [-0.39, 0.29) is 0 Å². The largest absolute Gasteiger partial charge is 0.305 e. The van der Waals surface area contributed by atoms with E-state index in [1.165, 1.54) is 10.4 Å². The second kappa shape index (κ2) is 6.20. The van der Waals surface area contributed by atoms with Crippen molar-refractivity contribution in [2.24, 2.45) is 0 Å². The molecule has 0 radical (unpaired) electrons. The van der Waals surface area contributed by atoms with E-state index in [0.29, 0.717) is 6.04 Å². The maximum atomic E-state index is 5.90. The Bertz CT molecular complexity index is 436. The number of nitrogens with one attached hydrogen (secondary N) is 1. The van der Waals surface area contributed by atoms with Crippen molar-refractivity contribution in [2.45, 2.75) is 25.9 Å². The van der Waals surface area contributed by atoms with Crippen LogP contribution in [0.2, 0.25) is 5.02 Å². The number of hydrogen-bond donors (Lipinski definition) is 1. The Labute approximate surface area is 111 Å². The molecule has 1 unspecified atom stereocenters. The van der Waals surface area contributed by atoms with Crippen LogP contribution in [0.25, 0.3) is 0 Å². The Morgan fingerprint density at radius 1 is 1.24 bits per heavy atom. The maximum absolute atomic E-state index is 5.90. The molecule has 0 saturated carbocycles. The summed E-state index contributed by atoms with van der Waals surface area (Å²) in [6.45, 7) is 3.12. The van der Waals surface area contributed by atoms with Crippen molar-refractivity contribution in [2.75, 3.05) is 0 Å². The van der Waals surface area contributed by atoms with Crippen LogP contribution in [0.3, 0.4) is 0 Å². The van der Waals surface area contributed by atoms with Gasteiger partial charge < -0.3 is 5.32 Å². The summed E-state index contributed by atoms with van der Waals surface area (Å²) in [5.74, 6) is 0. The van der Waals surface area contributed by atoms with Crippen molar-refractivity contribution in [3.05, 3.63) is 57.2 Å². The van der Waals surface area contributed by atoms with Gasteiger partial charge in [-0.3, -0.25) is 0 Å². The van der Waals surface area contributed by atoms with Crippen LogP contribution in [0.15, 0.2) is 41.8 Å². The molecular weight excluding hydrogens is 250 g/mol. The number of benzene rings is 1. The molecule has 0 amide bonds. The molecule has 1 atom stereocenters. The molecule has 1 aromatic carbocycles. The van der Waals surface area contributed by atoms with Gasteiger partial charge in [-0.25, -0.2) is 0 Å². The molecule has 1 aromatic heterocycles. The average Bonchev–Trinajstić information content (AvgIpc) is 2.85. The summed E-state index contributed by atoms with van der Waals surface area (Å²) in [5.41, 5.74) is 1.30. The molecule has 0 saturated heterocycles. The SMILES string of the molecule is CCC(NCc1cccs1)c1ccc(Cl)cc1. The maximum Gasteiger partial charge on any atom is 0.0406 e. The highest BCUT2D eigenvalue weighted by Gasteiger charge is 2.08. The summed E-state index contributed by atoms with van der Waals surface area (Å²) in [6, 6.07) is 12.7. The van der Waals surface area contributed by atoms with Crippen molar-refractivity contribution >= 4 is 22.9 Å². The van der Waals surface area contributed by atoms with E-state index in [1.807, 2.05) is 12.1 Å². The van der Waals surface area contributed by atoms with E-state index in [4.69, 9.17) is 11.6 Å². The molecule has 0 aliphatic rings. The summed E-state index contributed by atoms with van der Waals surface area (Å²) in [5, 5.41) is 6.48. The van der Waals surface area contributed by atoms with Gasteiger partial charge in [0, 0.05) is 22.5 Å². The van der Waals surface area contributed by atoms with Gasteiger partial charge >= 0.3 is 0 Å². The fourth-order valence-corrected chi connectivity index (χ4v) is 2.61. The molecule has 1 N–H and O–H groups in total. The van der Waals surface area contributed by atoms with E-state index in [2.05, 4.69) is 41.9 Å². The topological polar surface area (TPSA) is 12.0 Å². The third-order valence-electron chi connectivity index (χ3n) is 2.78. The van der Waals surface area contributed by atoms with Gasteiger partial charge in [-0.15, -0.1) is 11.3 Å². The van der Waals surface area contributed by atoms with Crippen LogP contribution in [0.5, 0.6) is 0 Å². The van der Waals surface area contributed by atoms with Crippen molar-refractivity contribution in [3.8, 4) is 0 Å². The van der Waals surface area contributed by atoms with Gasteiger partial charge in [-0.1, -0.05) is 36.7 Å². The van der Waals surface area contributed by atoms with Crippen LogP contribution in [0.4, 0.5) is 0 Å². The molecule has 0 aliphatic carbocycles. The molecule has 1 heterocycles. The van der Waals surface area contributed by atoms with E-state index in [9.17, 15) is 0 Å². The molecule has 0 bridgehead atoms. The van der Waals surface area contributed by atoms with Gasteiger partial charge in [0.1, 0.15) is 0 Å². The van der Waals surface area contributed by atoms with Crippen LogP contribution < -0.4 is 5.32 Å². The summed E-state index contributed by atoms with van der Waals surface area (Å²) in [6.07, 6.45) is 1.08. The fraction of sp³-hybridized carbons (Fsp3) is 0.286. The van der Waals surface area contributed by atoms with Crippen molar-refractivity contribution < 1.29 is 0 Å². The summed E-state index contributed by atoms with van der Waals surface area (Å²) in [4.78, 5) is 1.37. The Balaban J connectivity index is 1.99. The van der Waals surface area contributed by atoms with Gasteiger partial charge in [-0.05, 0) is 35.6 Å². The standard InChI is InChI=1S/C14H16ClNS/c1-2-14(11-5-7-12(15)8-6-11)16-10-13-4-3-9-17-13/h3-9,14,16H,2,10H2,1H3. The van der Waals surface area contributed by atoms with Crippen LogP contribution >= 0.6 is 22.9 Å². The van der Waals surface area contributed by atoms with E-state index in [1.54, 1.807) is 11.3 Å². The van der Waals surface area contributed by atoms with Gasteiger partial charge in [0.15, 0.2) is 0 Å². The van der Waals surface area contributed by atoms with Gasteiger partial charge in [0.05, 0.1) is 0 Å². The summed E-state index contributed by atoms with van der Waals surface area (Å²) >= 11 is 7.69. The van der Waals surface area contributed by atoms with Crippen molar-refractivity contribution in [3.63, 3.8) is 0 Å². The molecule has 2 rings (SSSR count). The highest BCUT2D eigenvalue weighted by atomic mass is 35.5. The van der Waals surface area contributed by atoms with E-state index in [0.717, 1.165) is 18.0 Å². The quantitative estimate of drug-likeness (QED) is 0.830.